The largest absolute Gasteiger partial charge is 0.491 e. The van der Waals surface area contributed by atoms with Crippen molar-refractivity contribution in [1.29, 1.82) is 0 Å². The van der Waals surface area contributed by atoms with Gasteiger partial charge in [-0.3, -0.25) is 0 Å². The van der Waals surface area contributed by atoms with Crippen molar-refractivity contribution in [1.82, 2.24) is 0 Å². The molecule has 1 saturated carbocycles. The summed E-state index contributed by atoms with van der Waals surface area (Å²) >= 11 is 0. The number of ether oxygens (including phenoxy) is 1. The molecule has 0 spiro atoms. The number of hydrogen-bond acceptors (Lipinski definition) is 2. The number of benzene rings is 1. The van der Waals surface area contributed by atoms with Crippen LogP contribution in [0.1, 0.15) is 53.4 Å². The van der Waals surface area contributed by atoms with Crippen LogP contribution in [0.4, 0.5) is 5.69 Å². The van der Waals surface area contributed by atoms with Crippen LogP contribution in [0, 0.1) is 11.8 Å². The standard InChI is InChI=1S/C18H29NO/c1-5-15(4)20-18-8-6-7-16(12-18)19-17-10-9-13(2)14(3)11-17/h6-8,12-15,17,19H,5,9-11H2,1-4H3. The molecule has 1 aromatic rings. The summed E-state index contributed by atoms with van der Waals surface area (Å²) in [4.78, 5) is 0. The Bertz CT molecular complexity index is 418. The monoisotopic (exact) mass is 275 g/mol. The molecular weight excluding hydrogens is 246 g/mol. The average molecular weight is 275 g/mol. The lowest BCUT2D eigenvalue weighted by Crippen LogP contribution is -2.30. The van der Waals surface area contributed by atoms with Crippen molar-refractivity contribution in [3.05, 3.63) is 24.3 Å². The number of nitrogens with one attached hydrogen (secondary N) is 1. The molecule has 4 atom stereocenters. The Kier molecular flexibility index (Phi) is 5.33. The lowest BCUT2D eigenvalue weighted by Gasteiger charge is -2.33. The molecule has 0 amide bonds. The normalized spacial score (nSPS) is 27.9. The quantitative estimate of drug-likeness (QED) is 0.807. The van der Waals surface area contributed by atoms with Gasteiger partial charge in [-0.25, -0.2) is 0 Å². The fraction of sp³-hybridized carbons (Fsp3) is 0.667. The summed E-state index contributed by atoms with van der Waals surface area (Å²) in [6.07, 6.45) is 5.21. The van der Waals surface area contributed by atoms with Crippen molar-refractivity contribution in [2.45, 2.75) is 65.5 Å². The van der Waals surface area contributed by atoms with E-state index < -0.39 is 0 Å². The highest BCUT2D eigenvalue weighted by Gasteiger charge is 2.24. The van der Waals surface area contributed by atoms with Gasteiger partial charge < -0.3 is 10.1 Å². The van der Waals surface area contributed by atoms with Gasteiger partial charge in [-0.1, -0.05) is 26.8 Å². The Morgan fingerprint density at radius 2 is 2.05 bits per heavy atom. The van der Waals surface area contributed by atoms with Gasteiger partial charge in [0.15, 0.2) is 0 Å². The molecular formula is C18H29NO. The summed E-state index contributed by atoms with van der Waals surface area (Å²) in [7, 11) is 0. The predicted molar refractivity (Wildman–Crippen MR) is 86.4 cm³/mol. The third kappa shape index (κ3) is 4.16. The van der Waals surface area contributed by atoms with Crippen molar-refractivity contribution in [3.63, 3.8) is 0 Å². The molecule has 4 unspecified atom stereocenters. The van der Waals surface area contributed by atoms with Gasteiger partial charge in [-0.05, 0) is 56.6 Å². The minimum atomic E-state index is 0.279. The number of anilines is 1. The summed E-state index contributed by atoms with van der Waals surface area (Å²) in [5, 5.41) is 3.68. The van der Waals surface area contributed by atoms with E-state index in [1.54, 1.807) is 0 Å². The van der Waals surface area contributed by atoms with Crippen LogP contribution in [0.25, 0.3) is 0 Å². The SMILES string of the molecule is CCC(C)Oc1cccc(NC2CCC(C)C(C)C2)c1. The molecule has 1 aromatic carbocycles. The first-order chi connectivity index (χ1) is 9.58. The third-order valence-electron chi connectivity index (χ3n) is 4.72. The Labute approximate surface area is 123 Å². The van der Waals surface area contributed by atoms with Gasteiger partial charge in [0.05, 0.1) is 6.10 Å². The zero-order valence-electron chi connectivity index (χ0n) is 13.4. The van der Waals surface area contributed by atoms with Gasteiger partial charge in [0.25, 0.3) is 0 Å². The molecule has 0 aromatic heterocycles. The van der Waals surface area contributed by atoms with Gasteiger partial charge in [0.1, 0.15) is 5.75 Å². The molecule has 1 aliphatic carbocycles. The minimum absolute atomic E-state index is 0.279. The molecule has 0 bridgehead atoms. The Morgan fingerprint density at radius 1 is 1.25 bits per heavy atom. The van der Waals surface area contributed by atoms with Crippen molar-refractivity contribution in [3.8, 4) is 5.75 Å². The second kappa shape index (κ2) is 7.01. The van der Waals surface area contributed by atoms with Crippen LogP contribution in [0.5, 0.6) is 5.75 Å². The van der Waals surface area contributed by atoms with E-state index in [9.17, 15) is 0 Å². The number of hydrogen-bond donors (Lipinski definition) is 1. The highest BCUT2D eigenvalue weighted by atomic mass is 16.5. The van der Waals surface area contributed by atoms with Crippen LogP contribution in [0.3, 0.4) is 0 Å². The number of rotatable bonds is 5. The second-order valence-corrected chi connectivity index (χ2v) is 6.47. The van der Waals surface area contributed by atoms with Gasteiger partial charge in [0.2, 0.25) is 0 Å². The summed E-state index contributed by atoms with van der Waals surface area (Å²) in [6, 6.07) is 9.01. The molecule has 2 rings (SSSR count). The van der Waals surface area contributed by atoms with Gasteiger partial charge in [-0.15, -0.1) is 0 Å². The smallest absolute Gasteiger partial charge is 0.121 e. The van der Waals surface area contributed by atoms with Crippen molar-refractivity contribution in [2.75, 3.05) is 5.32 Å². The zero-order valence-corrected chi connectivity index (χ0v) is 13.4. The van der Waals surface area contributed by atoms with E-state index in [0.29, 0.717) is 6.04 Å². The molecule has 1 N–H and O–H groups in total. The van der Waals surface area contributed by atoms with Crippen LogP contribution in [-0.4, -0.2) is 12.1 Å². The Balaban J connectivity index is 1.94. The fourth-order valence-corrected chi connectivity index (χ4v) is 2.89. The van der Waals surface area contributed by atoms with E-state index in [0.717, 1.165) is 24.0 Å². The Hall–Kier alpha value is -1.18. The fourth-order valence-electron chi connectivity index (χ4n) is 2.89. The van der Waals surface area contributed by atoms with Crippen molar-refractivity contribution in [2.24, 2.45) is 11.8 Å². The molecule has 0 heterocycles. The van der Waals surface area contributed by atoms with Crippen LogP contribution in [0.2, 0.25) is 0 Å². The first kappa shape index (κ1) is 15.2. The maximum absolute atomic E-state index is 5.89. The molecule has 20 heavy (non-hydrogen) atoms. The van der Waals surface area contributed by atoms with Crippen molar-refractivity contribution < 1.29 is 4.74 Å². The van der Waals surface area contributed by atoms with Gasteiger partial charge in [-0.2, -0.15) is 0 Å². The molecule has 2 nitrogen and oxygen atoms in total. The summed E-state index contributed by atoms with van der Waals surface area (Å²) in [5.74, 6) is 2.66. The molecule has 1 aliphatic rings. The minimum Gasteiger partial charge on any atom is -0.491 e. The maximum atomic E-state index is 5.89. The highest BCUT2D eigenvalue weighted by molar-refractivity contribution is 5.49. The zero-order chi connectivity index (χ0) is 14.5. The van der Waals surface area contributed by atoms with E-state index in [-0.39, 0.29) is 6.10 Å². The summed E-state index contributed by atoms with van der Waals surface area (Å²) in [6.45, 7) is 9.02. The molecule has 112 valence electrons. The van der Waals surface area contributed by atoms with Crippen LogP contribution < -0.4 is 10.1 Å². The van der Waals surface area contributed by atoms with E-state index in [1.807, 2.05) is 6.07 Å². The molecule has 2 heteroatoms. The molecule has 0 aliphatic heterocycles. The molecule has 0 radical (unpaired) electrons. The third-order valence-corrected chi connectivity index (χ3v) is 4.72. The lowest BCUT2D eigenvalue weighted by molar-refractivity contribution is 0.217. The Morgan fingerprint density at radius 3 is 2.75 bits per heavy atom. The molecule has 0 saturated heterocycles. The van der Waals surface area contributed by atoms with Gasteiger partial charge in [0, 0.05) is 17.8 Å². The lowest BCUT2D eigenvalue weighted by atomic mass is 9.79. The topological polar surface area (TPSA) is 21.3 Å². The van der Waals surface area contributed by atoms with Crippen LogP contribution >= 0.6 is 0 Å². The van der Waals surface area contributed by atoms with E-state index in [2.05, 4.69) is 51.2 Å². The first-order valence-corrected chi connectivity index (χ1v) is 8.11. The van der Waals surface area contributed by atoms with E-state index in [4.69, 9.17) is 4.74 Å². The molecule has 1 fully saturated rings. The van der Waals surface area contributed by atoms with Crippen molar-refractivity contribution >= 4 is 5.69 Å². The van der Waals surface area contributed by atoms with Crippen LogP contribution in [0.15, 0.2) is 24.3 Å². The second-order valence-electron chi connectivity index (χ2n) is 6.47. The van der Waals surface area contributed by atoms with Crippen LogP contribution in [-0.2, 0) is 0 Å². The summed E-state index contributed by atoms with van der Waals surface area (Å²) in [5.41, 5.74) is 1.19. The van der Waals surface area contributed by atoms with E-state index in [1.165, 1.54) is 24.9 Å². The average Bonchev–Trinajstić information content (AvgIpc) is 2.43. The predicted octanol–water partition coefficient (Wildman–Crippen LogP) is 5.10. The first-order valence-electron chi connectivity index (χ1n) is 8.11. The highest BCUT2D eigenvalue weighted by Crippen LogP contribution is 2.31. The van der Waals surface area contributed by atoms with E-state index >= 15 is 0 Å². The maximum Gasteiger partial charge on any atom is 0.121 e. The summed E-state index contributed by atoms with van der Waals surface area (Å²) < 4.78 is 5.89. The van der Waals surface area contributed by atoms with Gasteiger partial charge >= 0.3 is 0 Å².